The number of fused-ring (bicyclic) bond motifs is 1. The lowest BCUT2D eigenvalue weighted by atomic mass is 10.0. The van der Waals surface area contributed by atoms with Crippen LogP contribution in [0.1, 0.15) is 52.4 Å². The van der Waals surface area contributed by atoms with Gasteiger partial charge in [-0.3, -0.25) is 4.79 Å². The molecule has 1 aromatic carbocycles. The van der Waals surface area contributed by atoms with E-state index in [2.05, 4.69) is 17.2 Å². The molecule has 0 fully saturated rings. The molecule has 4 nitrogen and oxygen atoms in total. The van der Waals surface area contributed by atoms with Crippen molar-refractivity contribution in [3.8, 4) is 0 Å². The number of halogens is 4. The fourth-order valence-electron chi connectivity index (χ4n) is 3.45. The molecule has 0 saturated carbocycles. The van der Waals surface area contributed by atoms with Gasteiger partial charge in [0, 0.05) is 42.6 Å². The third-order valence-electron chi connectivity index (χ3n) is 4.84. The summed E-state index contributed by atoms with van der Waals surface area (Å²) in [6, 6.07) is 4.52. The van der Waals surface area contributed by atoms with E-state index in [-0.39, 0.29) is 23.2 Å². The van der Waals surface area contributed by atoms with E-state index in [1.807, 2.05) is 17.9 Å². The van der Waals surface area contributed by atoms with Gasteiger partial charge >= 0.3 is 6.18 Å². The first-order chi connectivity index (χ1) is 13.2. The lowest BCUT2D eigenvalue weighted by Gasteiger charge is -2.15. The van der Waals surface area contributed by atoms with Crippen molar-refractivity contribution in [1.82, 2.24) is 9.88 Å². The van der Waals surface area contributed by atoms with Gasteiger partial charge in [-0.2, -0.15) is 13.2 Å². The summed E-state index contributed by atoms with van der Waals surface area (Å²) >= 11 is 5.91. The van der Waals surface area contributed by atoms with Crippen LogP contribution in [0.25, 0.3) is 0 Å². The second-order valence-corrected chi connectivity index (χ2v) is 7.24. The van der Waals surface area contributed by atoms with Crippen LogP contribution >= 0.6 is 11.6 Å². The summed E-state index contributed by atoms with van der Waals surface area (Å²) < 4.78 is 39.7. The van der Waals surface area contributed by atoms with Crippen LogP contribution in [0.3, 0.4) is 0 Å². The number of anilines is 1. The van der Waals surface area contributed by atoms with Crippen LogP contribution in [0.5, 0.6) is 0 Å². The molecule has 0 aliphatic carbocycles. The molecule has 0 atom stereocenters. The Bertz CT molecular complexity index is 899. The zero-order valence-corrected chi connectivity index (χ0v) is 16.4. The number of benzene rings is 1. The highest BCUT2D eigenvalue weighted by Crippen LogP contribution is 2.35. The van der Waals surface area contributed by atoms with Crippen LogP contribution < -0.4 is 5.32 Å². The summed E-state index contributed by atoms with van der Waals surface area (Å²) in [5.74, 6) is 0.0159. The van der Waals surface area contributed by atoms with Crippen LogP contribution in [0.15, 0.2) is 24.4 Å². The lowest BCUT2D eigenvalue weighted by Crippen LogP contribution is -2.25. The van der Waals surface area contributed by atoms with Crippen LogP contribution in [0, 0.1) is 6.92 Å². The van der Waals surface area contributed by atoms with Crippen molar-refractivity contribution in [3.05, 3.63) is 57.4 Å². The molecular formula is C20H21ClF3N3O. The van der Waals surface area contributed by atoms with Gasteiger partial charge in [0.05, 0.1) is 5.56 Å². The molecule has 1 aliphatic heterocycles. The van der Waals surface area contributed by atoms with Crippen molar-refractivity contribution in [2.45, 2.75) is 46.0 Å². The van der Waals surface area contributed by atoms with Crippen molar-refractivity contribution in [3.63, 3.8) is 0 Å². The monoisotopic (exact) mass is 411 g/mol. The minimum atomic E-state index is -4.51. The third kappa shape index (κ3) is 4.09. The largest absolute Gasteiger partial charge is 0.416 e. The number of hydrogen-bond donors (Lipinski definition) is 1. The molecule has 8 heteroatoms. The second kappa shape index (κ2) is 7.99. The molecule has 1 N–H and O–H groups in total. The summed E-state index contributed by atoms with van der Waals surface area (Å²) in [5, 5.41) is 2.82. The van der Waals surface area contributed by atoms with Gasteiger partial charge in [0.1, 0.15) is 5.15 Å². The van der Waals surface area contributed by atoms with E-state index in [4.69, 9.17) is 11.6 Å². The summed E-state index contributed by atoms with van der Waals surface area (Å²) in [6.45, 7) is 5.01. The molecule has 0 bridgehead atoms. The number of nitrogens with one attached hydrogen (secondary N) is 1. The van der Waals surface area contributed by atoms with E-state index >= 15 is 0 Å². The van der Waals surface area contributed by atoms with Crippen molar-refractivity contribution in [2.24, 2.45) is 0 Å². The quantitative estimate of drug-likeness (QED) is 0.644. The predicted molar refractivity (Wildman–Crippen MR) is 102 cm³/mol. The Morgan fingerprint density at radius 1 is 1.32 bits per heavy atom. The van der Waals surface area contributed by atoms with Gasteiger partial charge < -0.3 is 10.2 Å². The SMILES string of the molecule is CCCCN1Cc2cc(NCc3c(C(F)(F)F)ccnc3Cl)cc(C)c2C1=O. The van der Waals surface area contributed by atoms with Gasteiger partial charge in [-0.25, -0.2) is 4.98 Å². The summed E-state index contributed by atoms with van der Waals surface area (Å²) in [6.07, 6.45) is -1.53. The second-order valence-electron chi connectivity index (χ2n) is 6.89. The minimum Gasteiger partial charge on any atom is -0.381 e. The number of aryl methyl sites for hydroxylation is 1. The van der Waals surface area contributed by atoms with Crippen molar-refractivity contribution >= 4 is 23.2 Å². The molecule has 150 valence electrons. The maximum absolute atomic E-state index is 13.2. The molecule has 28 heavy (non-hydrogen) atoms. The number of rotatable bonds is 6. The van der Waals surface area contributed by atoms with E-state index in [0.29, 0.717) is 24.3 Å². The minimum absolute atomic E-state index is 0.0159. The van der Waals surface area contributed by atoms with Crippen LogP contribution in [0.4, 0.5) is 18.9 Å². The number of carbonyl (C=O) groups excluding carboxylic acids is 1. The highest BCUT2D eigenvalue weighted by Gasteiger charge is 2.34. The van der Waals surface area contributed by atoms with Crippen LogP contribution in [-0.4, -0.2) is 22.3 Å². The number of nitrogens with zero attached hydrogens (tertiary/aromatic N) is 2. The average Bonchev–Trinajstić information content (AvgIpc) is 2.94. The number of hydrogen-bond acceptors (Lipinski definition) is 3. The Hall–Kier alpha value is -2.28. The van der Waals surface area contributed by atoms with E-state index in [9.17, 15) is 18.0 Å². The van der Waals surface area contributed by atoms with Gasteiger partial charge in [-0.05, 0) is 42.7 Å². The Morgan fingerprint density at radius 2 is 2.07 bits per heavy atom. The summed E-state index contributed by atoms with van der Waals surface area (Å²) in [5.41, 5.74) is 2.12. The van der Waals surface area contributed by atoms with Gasteiger partial charge in [-0.15, -0.1) is 0 Å². The molecule has 2 aromatic rings. The predicted octanol–water partition coefficient (Wildman–Crippen LogP) is 5.43. The van der Waals surface area contributed by atoms with E-state index in [0.717, 1.165) is 36.2 Å². The van der Waals surface area contributed by atoms with Crippen LogP contribution in [0.2, 0.25) is 5.15 Å². The number of aromatic nitrogens is 1. The molecule has 0 unspecified atom stereocenters. The zero-order chi connectivity index (χ0) is 20.5. The van der Waals surface area contributed by atoms with Crippen LogP contribution in [-0.2, 0) is 19.3 Å². The maximum Gasteiger partial charge on any atom is 0.416 e. The fraction of sp³-hybridized carbons (Fsp3) is 0.400. The Labute approximate surface area is 166 Å². The smallest absolute Gasteiger partial charge is 0.381 e. The normalized spacial score (nSPS) is 13.8. The molecular weight excluding hydrogens is 391 g/mol. The molecule has 2 heterocycles. The zero-order valence-electron chi connectivity index (χ0n) is 15.7. The maximum atomic E-state index is 13.2. The number of pyridine rings is 1. The summed E-state index contributed by atoms with van der Waals surface area (Å²) in [7, 11) is 0. The highest BCUT2D eigenvalue weighted by atomic mass is 35.5. The third-order valence-corrected chi connectivity index (χ3v) is 5.16. The van der Waals surface area contributed by atoms with Crippen molar-refractivity contribution < 1.29 is 18.0 Å². The molecule has 3 rings (SSSR count). The molecule has 1 aliphatic rings. The molecule has 1 aromatic heterocycles. The van der Waals surface area contributed by atoms with E-state index in [1.165, 1.54) is 0 Å². The fourth-order valence-corrected chi connectivity index (χ4v) is 3.67. The number of alkyl halides is 3. The van der Waals surface area contributed by atoms with Gasteiger partial charge in [0.2, 0.25) is 0 Å². The topological polar surface area (TPSA) is 45.2 Å². The molecule has 0 radical (unpaired) electrons. The molecule has 0 saturated heterocycles. The van der Waals surface area contributed by atoms with Gasteiger partial charge in [0.25, 0.3) is 5.91 Å². The number of amides is 1. The Kier molecular flexibility index (Phi) is 5.84. The van der Waals surface area contributed by atoms with E-state index in [1.54, 1.807) is 6.07 Å². The Balaban J connectivity index is 1.82. The van der Waals surface area contributed by atoms with Gasteiger partial charge in [-0.1, -0.05) is 24.9 Å². The first-order valence-electron chi connectivity index (χ1n) is 9.09. The highest BCUT2D eigenvalue weighted by molar-refractivity contribution is 6.30. The Morgan fingerprint density at radius 3 is 2.75 bits per heavy atom. The first kappa shape index (κ1) is 20.5. The van der Waals surface area contributed by atoms with Gasteiger partial charge in [0.15, 0.2) is 0 Å². The number of carbonyl (C=O) groups is 1. The standard InChI is InChI=1S/C20H21ClF3N3O/c1-3-4-7-27-11-13-9-14(8-12(2)17(13)19(27)28)26-10-15-16(20(22,23)24)5-6-25-18(15)21/h5-6,8-9,26H,3-4,7,10-11H2,1-2H3. The summed E-state index contributed by atoms with van der Waals surface area (Å²) in [4.78, 5) is 18.1. The number of unbranched alkanes of at least 4 members (excludes halogenated alkanes) is 1. The average molecular weight is 412 g/mol. The van der Waals surface area contributed by atoms with E-state index < -0.39 is 11.7 Å². The first-order valence-corrected chi connectivity index (χ1v) is 9.47. The van der Waals surface area contributed by atoms with Crippen molar-refractivity contribution in [2.75, 3.05) is 11.9 Å². The van der Waals surface area contributed by atoms with Crippen molar-refractivity contribution in [1.29, 1.82) is 0 Å². The molecule has 1 amide bonds. The molecule has 0 spiro atoms. The lowest BCUT2D eigenvalue weighted by molar-refractivity contribution is -0.138.